The van der Waals surface area contributed by atoms with Gasteiger partial charge in [-0.3, -0.25) is 18.6 Å². The standard InChI is InChI=1S/C49H74NO9P/c1-3-5-7-8-9-10-11-12-13-14-15-16-17-18-22-25-28-31-35-39-48(51)55-43-45(44-57-60(53,54)56-42-41-50)58-49(52)40-36-32-29-26-23-20-19-21-24-27-30-34-38-47-46(59-47)37-33-6-4-2/h5-7,9-10,12-13,15-16,18,20-24,28-34,45-47H,3-4,8,11,14,17,19,25-27,35-44,50H2,1-2H3,(H,53,54)/b7-5-,10-9-,13-12-,16-15-,22-18-,23-20-,24-21-,31-28-,32-29-,33-6-,34-30-/t45-,46?,47?/m1/s1. The van der Waals surface area contributed by atoms with Crippen molar-refractivity contribution in [3.05, 3.63) is 134 Å². The molecule has 10 nitrogen and oxygen atoms in total. The smallest absolute Gasteiger partial charge is 0.462 e. The van der Waals surface area contributed by atoms with Gasteiger partial charge < -0.3 is 24.8 Å². The van der Waals surface area contributed by atoms with Gasteiger partial charge in [0, 0.05) is 19.4 Å². The fourth-order valence-corrected chi connectivity index (χ4v) is 5.96. The first kappa shape index (κ1) is 54.1. The molecule has 4 atom stereocenters. The Morgan fingerprint density at radius 1 is 0.567 bits per heavy atom. The van der Waals surface area contributed by atoms with E-state index in [-0.39, 0.29) is 32.6 Å². The topological polar surface area (TPSA) is 147 Å². The van der Waals surface area contributed by atoms with E-state index in [2.05, 4.69) is 123 Å². The van der Waals surface area contributed by atoms with Crippen molar-refractivity contribution < 1.29 is 42.3 Å². The number of allylic oxidation sites excluding steroid dienone is 20. The molecule has 11 heteroatoms. The number of phosphoric ester groups is 1. The van der Waals surface area contributed by atoms with Gasteiger partial charge in [-0.05, 0) is 89.9 Å². The molecule has 1 saturated heterocycles. The lowest BCUT2D eigenvalue weighted by atomic mass is 10.1. The lowest BCUT2D eigenvalue weighted by molar-refractivity contribution is -0.161. The summed E-state index contributed by atoms with van der Waals surface area (Å²) in [4.78, 5) is 34.8. The molecule has 1 heterocycles. The first-order valence-corrected chi connectivity index (χ1v) is 23.3. The molecule has 334 valence electrons. The van der Waals surface area contributed by atoms with Crippen molar-refractivity contribution in [3.8, 4) is 0 Å². The van der Waals surface area contributed by atoms with Gasteiger partial charge in [0.1, 0.15) is 6.61 Å². The monoisotopic (exact) mass is 852 g/mol. The Morgan fingerprint density at radius 2 is 0.950 bits per heavy atom. The van der Waals surface area contributed by atoms with Crippen molar-refractivity contribution >= 4 is 19.8 Å². The Bertz CT molecular complexity index is 1500. The minimum atomic E-state index is -4.43. The zero-order valence-corrected chi connectivity index (χ0v) is 37.2. The lowest BCUT2D eigenvalue weighted by Crippen LogP contribution is -2.29. The van der Waals surface area contributed by atoms with E-state index in [1.807, 2.05) is 24.3 Å². The maximum Gasteiger partial charge on any atom is 0.472 e. The van der Waals surface area contributed by atoms with Crippen LogP contribution in [0.2, 0.25) is 0 Å². The zero-order valence-electron chi connectivity index (χ0n) is 36.3. The van der Waals surface area contributed by atoms with E-state index >= 15 is 0 Å². The number of nitrogens with two attached hydrogens (primary N) is 1. The van der Waals surface area contributed by atoms with Crippen LogP contribution < -0.4 is 5.73 Å². The number of esters is 2. The highest BCUT2D eigenvalue weighted by Crippen LogP contribution is 2.43. The van der Waals surface area contributed by atoms with E-state index < -0.39 is 32.5 Å². The molecule has 3 N–H and O–H groups in total. The molecule has 3 unspecified atom stereocenters. The summed E-state index contributed by atoms with van der Waals surface area (Å²) in [6, 6.07) is 0. The molecule has 0 spiro atoms. The van der Waals surface area contributed by atoms with Gasteiger partial charge >= 0.3 is 19.8 Å². The third-order valence-corrected chi connectivity index (χ3v) is 9.45. The van der Waals surface area contributed by atoms with Crippen LogP contribution >= 0.6 is 7.82 Å². The highest BCUT2D eigenvalue weighted by Gasteiger charge is 2.36. The minimum absolute atomic E-state index is 0.0221. The average Bonchev–Trinajstić information content (AvgIpc) is 3.99. The minimum Gasteiger partial charge on any atom is -0.462 e. The summed E-state index contributed by atoms with van der Waals surface area (Å²) in [6.45, 7) is 3.28. The van der Waals surface area contributed by atoms with Crippen LogP contribution in [0, 0.1) is 0 Å². The number of rotatable bonds is 37. The molecular weight excluding hydrogens is 778 g/mol. The third kappa shape index (κ3) is 36.0. The molecule has 0 bridgehead atoms. The predicted octanol–water partition coefficient (Wildman–Crippen LogP) is 11.7. The Labute approximate surface area is 361 Å². The number of hydrogen-bond acceptors (Lipinski definition) is 9. The predicted molar refractivity (Wildman–Crippen MR) is 246 cm³/mol. The fraction of sp³-hybridized carbons (Fsp3) is 0.510. The molecule has 60 heavy (non-hydrogen) atoms. The summed E-state index contributed by atoms with van der Waals surface area (Å²) < 4.78 is 38.3. The lowest BCUT2D eigenvalue weighted by Gasteiger charge is -2.19. The van der Waals surface area contributed by atoms with E-state index in [4.69, 9.17) is 29.0 Å². The summed E-state index contributed by atoms with van der Waals surface area (Å²) >= 11 is 0. The first-order chi connectivity index (χ1) is 29.3. The second-order valence-electron chi connectivity index (χ2n) is 13.8. The number of phosphoric acid groups is 1. The molecule has 1 aliphatic heterocycles. The quantitative estimate of drug-likeness (QED) is 0.0268. The Morgan fingerprint density at radius 3 is 1.40 bits per heavy atom. The summed E-state index contributed by atoms with van der Waals surface area (Å²) in [5.74, 6) is -1.05. The number of ether oxygens (including phenoxy) is 3. The molecule has 0 aliphatic carbocycles. The van der Waals surface area contributed by atoms with Gasteiger partial charge in [-0.1, -0.05) is 148 Å². The molecule has 1 fully saturated rings. The third-order valence-electron chi connectivity index (χ3n) is 8.46. The van der Waals surface area contributed by atoms with Gasteiger partial charge in [0.05, 0.1) is 25.4 Å². The van der Waals surface area contributed by atoms with E-state index in [1.54, 1.807) is 0 Å². The molecule has 0 aromatic carbocycles. The fourth-order valence-electron chi connectivity index (χ4n) is 5.20. The van der Waals surface area contributed by atoms with E-state index in [9.17, 15) is 19.0 Å². The molecule has 0 amide bonds. The number of carbonyl (C=O) groups excluding carboxylic acids is 2. The Hall–Kier alpha value is -3.89. The molecule has 0 aromatic rings. The molecule has 0 saturated carbocycles. The summed E-state index contributed by atoms with van der Waals surface area (Å²) in [7, 11) is -4.43. The first-order valence-electron chi connectivity index (χ1n) is 21.8. The van der Waals surface area contributed by atoms with Crippen molar-refractivity contribution in [2.75, 3.05) is 26.4 Å². The van der Waals surface area contributed by atoms with Crippen LogP contribution in [-0.4, -0.2) is 61.5 Å². The van der Waals surface area contributed by atoms with Crippen LogP contribution in [0.5, 0.6) is 0 Å². The van der Waals surface area contributed by atoms with Crippen molar-refractivity contribution in [1.29, 1.82) is 0 Å². The second kappa shape index (κ2) is 39.3. The summed E-state index contributed by atoms with van der Waals surface area (Å²) in [6.07, 6.45) is 58.4. The van der Waals surface area contributed by atoms with Gasteiger partial charge in [-0.2, -0.15) is 0 Å². The SMILES string of the molecule is CC/C=C\C/C=C\C/C=C\C/C=C\C/C=C\C/C=C\CCC(=O)OC[C@H](COP(=O)(O)OCCN)OC(=O)CC/C=C\C/C=C\C/C=C\C/C=C\CC1OC1C/C=C\CC. The molecule has 0 aromatic heterocycles. The zero-order chi connectivity index (χ0) is 43.6. The van der Waals surface area contributed by atoms with Crippen molar-refractivity contribution in [1.82, 2.24) is 0 Å². The Kier molecular flexibility index (Phi) is 35.4. The highest BCUT2D eigenvalue weighted by atomic mass is 31.2. The van der Waals surface area contributed by atoms with Crippen LogP contribution in [0.15, 0.2) is 134 Å². The second-order valence-corrected chi connectivity index (χ2v) is 15.3. The normalized spacial score (nSPS) is 17.9. The molecule has 0 radical (unpaired) electrons. The van der Waals surface area contributed by atoms with Gasteiger partial charge in [0.25, 0.3) is 0 Å². The maximum atomic E-state index is 12.6. The highest BCUT2D eigenvalue weighted by molar-refractivity contribution is 7.47. The van der Waals surface area contributed by atoms with E-state index in [0.717, 1.165) is 77.0 Å². The van der Waals surface area contributed by atoms with Crippen LogP contribution in [0.3, 0.4) is 0 Å². The van der Waals surface area contributed by atoms with E-state index in [1.165, 1.54) is 0 Å². The molecule has 1 rings (SSSR count). The maximum absolute atomic E-state index is 12.6. The molecular formula is C49H74NO9P. The number of hydrogen-bond donors (Lipinski definition) is 2. The number of epoxide rings is 1. The summed E-state index contributed by atoms with van der Waals surface area (Å²) in [5.41, 5.74) is 5.34. The largest absolute Gasteiger partial charge is 0.472 e. The van der Waals surface area contributed by atoms with Gasteiger partial charge in [-0.15, -0.1) is 0 Å². The van der Waals surface area contributed by atoms with Crippen LogP contribution in [0.1, 0.15) is 117 Å². The number of carbonyl (C=O) groups is 2. The average molecular weight is 852 g/mol. The van der Waals surface area contributed by atoms with Crippen LogP contribution in [-0.2, 0) is 37.4 Å². The van der Waals surface area contributed by atoms with Crippen molar-refractivity contribution in [3.63, 3.8) is 0 Å². The molecule has 1 aliphatic rings. The van der Waals surface area contributed by atoms with Crippen molar-refractivity contribution in [2.45, 2.75) is 135 Å². The van der Waals surface area contributed by atoms with Gasteiger partial charge in [0.15, 0.2) is 6.10 Å². The summed E-state index contributed by atoms with van der Waals surface area (Å²) in [5, 5.41) is 0. The van der Waals surface area contributed by atoms with Crippen molar-refractivity contribution in [2.24, 2.45) is 5.73 Å². The van der Waals surface area contributed by atoms with Gasteiger partial charge in [0.2, 0.25) is 0 Å². The van der Waals surface area contributed by atoms with E-state index in [0.29, 0.717) is 25.0 Å². The van der Waals surface area contributed by atoms with Crippen LogP contribution in [0.25, 0.3) is 0 Å². The van der Waals surface area contributed by atoms with Gasteiger partial charge in [-0.25, -0.2) is 4.57 Å². The Balaban J connectivity index is 2.30. The van der Waals surface area contributed by atoms with Crippen LogP contribution in [0.4, 0.5) is 0 Å².